The second-order valence-electron chi connectivity index (χ2n) is 3.72. The highest BCUT2D eigenvalue weighted by Gasteiger charge is 2.14. The maximum atomic E-state index is 11.0. The molecule has 2 rings (SSSR count). The van der Waals surface area contributed by atoms with Gasteiger partial charge in [0, 0.05) is 5.56 Å². The minimum absolute atomic E-state index is 0.00121. The molecule has 6 heteroatoms. The Morgan fingerprint density at radius 2 is 1.53 bits per heavy atom. The molecule has 19 heavy (non-hydrogen) atoms. The van der Waals surface area contributed by atoms with E-state index in [4.69, 9.17) is 51.5 Å². The molecule has 0 bridgehead atoms. The van der Waals surface area contributed by atoms with Crippen LogP contribution in [0.3, 0.4) is 0 Å². The molecule has 0 atom stereocenters. The van der Waals surface area contributed by atoms with Crippen LogP contribution in [0.5, 0.6) is 0 Å². The van der Waals surface area contributed by atoms with E-state index in [1.54, 1.807) is 18.2 Å². The minimum Gasteiger partial charge on any atom is -0.478 e. The molecule has 2 aromatic carbocycles. The van der Waals surface area contributed by atoms with Crippen molar-refractivity contribution in [3.05, 3.63) is 56.0 Å². The second kappa shape index (κ2) is 5.59. The number of carbonyl (C=O) groups is 1. The van der Waals surface area contributed by atoms with Gasteiger partial charge in [-0.15, -0.1) is 0 Å². The molecule has 0 saturated carbocycles. The normalized spacial score (nSPS) is 10.5. The summed E-state index contributed by atoms with van der Waals surface area (Å²) in [6, 6.07) is 7.88. The van der Waals surface area contributed by atoms with Crippen molar-refractivity contribution in [1.82, 2.24) is 0 Å². The van der Waals surface area contributed by atoms with Crippen molar-refractivity contribution in [2.45, 2.75) is 0 Å². The highest BCUT2D eigenvalue weighted by Crippen LogP contribution is 2.38. The van der Waals surface area contributed by atoms with E-state index < -0.39 is 5.97 Å². The van der Waals surface area contributed by atoms with Crippen molar-refractivity contribution in [3.63, 3.8) is 0 Å². The van der Waals surface area contributed by atoms with Crippen molar-refractivity contribution >= 4 is 52.4 Å². The predicted octanol–water partition coefficient (Wildman–Crippen LogP) is 5.67. The third kappa shape index (κ3) is 2.82. The van der Waals surface area contributed by atoms with Gasteiger partial charge < -0.3 is 5.11 Å². The summed E-state index contributed by atoms with van der Waals surface area (Å²) in [5, 5.41) is 10.0. The Bertz CT molecular complexity index is 668. The van der Waals surface area contributed by atoms with Crippen LogP contribution in [0.4, 0.5) is 0 Å². The molecule has 0 aromatic heterocycles. The number of hydrogen-bond donors (Lipinski definition) is 1. The van der Waals surface area contributed by atoms with Gasteiger partial charge in [0.1, 0.15) is 0 Å². The number of halogens is 4. The summed E-state index contributed by atoms with van der Waals surface area (Å²) in [5.74, 6) is -1.11. The Kier molecular flexibility index (Phi) is 4.26. The Hall–Kier alpha value is -0.930. The van der Waals surface area contributed by atoms with E-state index in [1.807, 2.05) is 0 Å². The fourth-order valence-electron chi connectivity index (χ4n) is 1.61. The van der Waals surface area contributed by atoms with E-state index in [1.165, 1.54) is 12.1 Å². The molecule has 0 unspecified atom stereocenters. The molecule has 0 spiro atoms. The van der Waals surface area contributed by atoms with Crippen LogP contribution in [0.2, 0.25) is 20.1 Å². The van der Waals surface area contributed by atoms with Crippen LogP contribution in [0, 0.1) is 0 Å². The average Bonchev–Trinajstić information content (AvgIpc) is 2.37. The molecule has 0 saturated heterocycles. The zero-order valence-corrected chi connectivity index (χ0v) is 12.3. The van der Waals surface area contributed by atoms with Crippen molar-refractivity contribution < 1.29 is 9.90 Å². The van der Waals surface area contributed by atoms with E-state index in [2.05, 4.69) is 0 Å². The molecule has 0 fully saturated rings. The summed E-state index contributed by atoms with van der Waals surface area (Å²) >= 11 is 23.7. The van der Waals surface area contributed by atoms with Crippen LogP contribution in [-0.4, -0.2) is 11.1 Å². The third-order valence-electron chi connectivity index (χ3n) is 2.54. The molecule has 0 heterocycles. The summed E-state index contributed by atoms with van der Waals surface area (Å²) in [7, 11) is 0. The SMILES string of the molecule is O=C(O)c1cc(-c2ccc(Cl)c(Cl)c2Cl)ccc1Cl. The predicted molar refractivity (Wildman–Crippen MR) is 78.9 cm³/mol. The van der Waals surface area contributed by atoms with Crippen LogP contribution < -0.4 is 0 Å². The van der Waals surface area contributed by atoms with Crippen molar-refractivity contribution in [3.8, 4) is 11.1 Å². The number of benzene rings is 2. The lowest BCUT2D eigenvalue weighted by Crippen LogP contribution is -1.97. The summed E-state index contributed by atoms with van der Waals surface area (Å²) < 4.78 is 0. The monoisotopic (exact) mass is 334 g/mol. The van der Waals surface area contributed by atoms with Gasteiger partial charge in [-0.05, 0) is 23.8 Å². The smallest absolute Gasteiger partial charge is 0.337 e. The standard InChI is InChI=1S/C13H6Cl4O2/c14-9-3-1-6(5-8(9)13(18)19)7-2-4-10(15)12(17)11(7)16/h1-5H,(H,18,19). The van der Waals surface area contributed by atoms with E-state index in [0.717, 1.165) is 0 Å². The maximum absolute atomic E-state index is 11.0. The van der Waals surface area contributed by atoms with E-state index in [0.29, 0.717) is 16.1 Å². The Balaban J connectivity index is 2.63. The van der Waals surface area contributed by atoms with Crippen LogP contribution in [0.15, 0.2) is 30.3 Å². The van der Waals surface area contributed by atoms with Gasteiger partial charge in [0.15, 0.2) is 0 Å². The molecular weight excluding hydrogens is 330 g/mol. The van der Waals surface area contributed by atoms with Crippen LogP contribution in [-0.2, 0) is 0 Å². The van der Waals surface area contributed by atoms with Gasteiger partial charge in [-0.25, -0.2) is 4.79 Å². The highest BCUT2D eigenvalue weighted by molar-refractivity contribution is 6.49. The second-order valence-corrected chi connectivity index (χ2v) is 5.29. The molecule has 2 nitrogen and oxygen atoms in total. The number of aromatic carboxylic acids is 1. The van der Waals surface area contributed by atoms with E-state index >= 15 is 0 Å². The number of hydrogen-bond acceptors (Lipinski definition) is 1. The molecule has 2 aromatic rings. The maximum Gasteiger partial charge on any atom is 0.337 e. The fourth-order valence-corrected chi connectivity index (χ4v) is 2.45. The van der Waals surface area contributed by atoms with Gasteiger partial charge in [0.05, 0.1) is 25.7 Å². The van der Waals surface area contributed by atoms with Gasteiger partial charge in [-0.2, -0.15) is 0 Å². The minimum atomic E-state index is -1.11. The Labute approximate surface area is 129 Å². The lowest BCUT2D eigenvalue weighted by atomic mass is 10.0. The van der Waals surface area contributed by atoms with E-state index in [9.17, 15) is 4.79 Å². The fraction of sp³-hybridized carbons (Fsp3) is 0. The molecule has 1 N–H and O–H groups in total. The summed E-state index contributed by atoms with van der Waals surface area (Å²) in [4.78, 5) is 11.0. The molecule has 0 aliphatic rings. The number of carboxylic acids is 1. The molecule has 98 valence electrons. The molecular formula is C13H6Cl4O2. The molecule has 0 aliphatic heterocycles. The van der Waals surface area contributed by atoms with Crippen LogP contribution in [0.25, 0.3) is 11.1 Å². The van der Waals surface area contributed by atoms with Gasteiger partial charge >= 0.3 is 5.97 Å². The first-order valence-electron chi connectivity index (χ1n) is 5.08. The zero-order valence-electron chi connectivity index (χ0n) is 9.25. The molecule has 0 aliphatic carbocycles. The Morgan fingerprint density at radius 3 is 2.16 bits per heavy atom. The first-order valence-corrected chi connectivity index (χ1v) is 6.59. The van der Waals surface area contributed by atoms with Gasteiger partial charge in [-0.3, -0.25) is 0 Å². The summed E-state index contributed by atoms with van der Waals surface area (Å²) in [6.45, 7) is 0. The van der Waals surface area contributed by atoms with Gasteiger partial charge in [-0.1, -0.05) is 58.5 Å². The van der Waals surface area contributed by atoms with Crippen molar-refractivity contribution in [2.75, 3.05) is 0 Å². The van der Waals surface area contributed by atoms with Crippen LogP contribution >= 0.6 is 46.4 Å². The average molecular weight is 336 g/mol. The van der Waals surface area contributed by atoms with Crippen LogP contribution in [0.1, 0.15) is 10.4 Å². The Morgan fingerprint density at radius 1 is 0.895 bits per heavy atom. The first kappa shape index (κ1) is 14.5. The summed E-state index contributed by atoms with van der Waals surface area (Å²) in [6.07, 6.45) is 0. The quantitative estimate of drug-likeness (QED) is 0.718. The van der Waals surface area contributed by atoms with Crippen molar-refractivity contribution in [1.29, 1.82) is 0 Å². The summed E-state index contributed by atoms with van der Waals surface area (Å²) in [5.41, 5.74) is 1.20. The lowest BCUT2D eigenvalue weighted by Gasteiger charge is -2.09. The zero-order chi connectivity index (χ0) is 14.2. The third-order valence-corrected chi connectivity index (χ3v) is 4.17. The highest BCUT2D eigenvalue weighted by atomic mass is 35.5. The molecule has 0 amide bonds. The lowest BCUT2D eigenvalue weighted by molar-refractivity contribution is 0.0697. The molecule has 0 radical (unpaired) electrons. The topological polar surface area (TPSA) is 37.3 Å². The largest absolute Gasteiger partial charge is 0.478 e. The van der Waals surface area contributed by atoms with Crippen molar-refractivity contribution in [2.24, 2.45) is 0 Å². The number of carboxylic acid groups (broad SMARTS) is 1. The van der Waals surface area contributed by atoms with Gasteiger partial charge in [0.2, 0.25) is 0 Å². The van der Waals surface area contributed by atoms with E-state index in [-0.39, 0.29) is 20.6 Å². The first-order chi connectivity index (χ1) is 8.91. The van der Waals surface area contributed by atoms with Gasteiger partial charge in [0.25, 0.3) is 0 Å². The number of rotatable bonds is 2.